The maximum absolute atomic E-state index is 3.61. The third-order valence-corrected chi connectivity index (χ3v) is 6.31. The van der Waals surface area contributed by atoms with Gasteiger partial charge in [0.05, 0.1) is 0 Å². The van der Waals surface area contributed by atoms with Crippen molar-refractivity contribution in [2.45, 2.75) is 38.0 Å². The van der Waals surface area contributed by atoms with Crippen molar-refractivity contribution in [1.29, 1.82) is 0 Å². The summed E-state index contributed by atoms with van der Waals surface area (Å²) in [6.07, 6.45) is 7.18. The highest BCUT2D eigenvalue weighted by atomic mass is 79.9. The highest BCUT2D eigenvalue weighted by Crippen LogP contribution is 2.43. The van der Waals surface area contributed by atoms with Crippen molar-refractivity contribution >= 4 is 27.3 Å². The Balaban J connectivity index is 1.79. The fraction of sp³-hybridized carbons (Fsp3) is 0.714. The van der Waals surface area contributed by atoms with E-state index < -0.39 is 0 Å². The van der Waals surface area contributed by atoms with E-state index in [1.807, 2.05) is 11.3 Å². The largest absolute Gasteiger partial charge is 0.316 e. The van der Waals surface area contributed by atoms with Crippen molar-refractivity contribution in [2.24, 2.45) is 11.8 Å². The Morgan fingerprint density at radius 1 is 1.24 bits per heavy atom. The summed E-state index contributed by atoms with van der Waals surface area (Å²) in [5, 5.41) is 5.85. The molecule has 94 valence electrons. The van der Waals surface area contributed by atoms with Crippen molar-refractivity contribution < 1.29 is 0 Å². The van der Waals surface area contributed by atoms with Crippen LogP contribution in [-0.2, 0) is 0 Å². The monoisotopic (exact) mass is 313 g/mol. The predicted octanol–water partition coefficient (Wildman–Crippen LogP) is 4.39. The lowest BCUT2D eigenvalue weighted by molar-refractivity contribution is 0.233. The van der Waals surface area contributed by atoms with E-state index in [9.17, 15) is 0 Å². The molecule has 2 atom stereocenters. The molecule has 1 saturated carbocycles. The molecule has 1 aromatic rings. The lowest BCUT2D eigenvalue weighted by Gasteiger charge is -2.35. The molecular weight excluding hydrogens is 294 g/mol. The van der Waals surface area contributed by atoms with E-state index in [0.717, 1.165) is 17.8 Å². The molecule has 2 unspecified atom stereocenters. The Hall–Kier alpha value is 0.140. The third-order valence-electron chi connectivity index (χ3n) is 4.49. The fourth-order valence-corrected chi connectivity index (χ4v) is 5.30. The van der Waals surface area contributed by atoms with Crippen molar-refractivity contribution in [3.05, 3.63) is 20.8 Å². The highest BCUT2D eigenvalue weighted by Gasteiger charge is 2.34. The molecule has 3 heteroatoms. The Morgan fingerprint density at radius 2 is 2.06 bits per heavy atom. The van der Waals surface area contributed by atoms with Crippen LogP contribution in [0.25, 0.3) is 0 Å². The zero-order valence-corrected chi connectivity index (χ0v) is 12.5. The molecule has 0 radical (unpaired) electrons. The zero-order chi connectivity index (χ0) is 11.7. The first kappa shape index (κ1) is 12.2. The number of hydrogen-bond donors (Lipinski definition) is 1. The van der Waals surface area contributed by atoms with E-state index in [0.29, 0.717) is 0 Å². The number of hydrogen-bond acceptors (Lipinski definition) is 2. The first-order valence-electron chi connectivity index (χ1n) is 6.79. The van der Waals surface area contributed by atoms with Crippen molar-refractivity contribution in [1.82, 2.24) is 5.32 Å². The molecule has 2 fully saturated rings. The maximum Gasteiger partial charge on any atom is 0.0285 e. The molecule has 1 aromatic heterocycles. The molecule has 0 bridgehead atoms. The Labute approximate surface area is 116 Å². The van der Waals surface area contributed by atoms with Crippen LogP contribution in [0.2, 0.25) is 0 Å². The zero-order valence-electron chi connectivity index (χ0n) is 10.1. The quantitative estimate of drug-likeness (QED) is 0.853. The summed E-state index contributed by atoms with van der Waals surface area (Å²) in [4.78, 5) is 1.61. The van der Waals surface area contributed by atoms with Gasteiger partial charge in [0.2, 0.25) is 0 Å². The summed E-state index contributed by atoms with van der Waals surface area (Å²) in [6.45, 7) is 2.44. The number of thiophene rings is 1. The van der Waals surface area contributed by atoms with E-state index in [1.165, 1.54) is 49.7 Å². The average Bonchev–Trinajstić information content (AvgIpc) is 3.00. The van der Waals surface area contributed by atoms with Crippen LogP contribution in [0, 0.1) is 11.8 Å². The molecule has 17 heavy (non-hydrogen) atoms. The van der Waals surface area contributed by atoms with Crippen LogP contribution < -0.4 is 5.32 Å². The number of nitrogens with one attached hydrogen (secondary N) is 1. The van der Waals surface area contributed by atoms with Crippen molar-refractivity contribution in [3.63, 3.8) is 0 Å². The van der Waals surface area contributed by atoms with Crippen LogP contribution in [0.3, 0.4) is 0 Å². The standard InChI is InChI=1S/C14H20BrNS/c15-11-7-14(17-9-11)12-5-6-16-8-13(12)10-3-1-2-4-10/h7,9-10,12-13,16H,1-6,8H2. The van der Waals surface area contributed by atoms with Crippen LogP contribution in [0.1, 0.15) is 42.9 Å². The second-order valence-corrected chi connectivity index (χ2v) is 7.33. The summed E-state index contributed by atoms with van der Waals surface area (Å²) in [5.41, 5.74) is 0. The van der Waals surface area contributed by atoms with E-state index >= 15 is 0 Å². The van der Waals surface area contributed by atoms with E-state index in [1.54, 1.807) is 4.88 Å². The van der Waals surface area contributed by atoms with Crippen LogP contribution in [-0.4, -0.2) is 13.1 Å². The Kier molecular flexibility index (Phi) is 3.88. The maximum atomic E-state index is 3.61. The second kappa shape index (κ2) is 5.41. The molecule has 0 spiro atoms. The summed E-state index contributed by atoms with van der Waals surface area (Å²) in [6, 6.07) is 2.35. The first-order chi connectivity index (χ1) is 8.34. The molecule has 1 N–H and O–H groups in total. The minimum atomic E-state index is 0.815. The predicted molar refractivity (Wildman–Crippen MR) is 77.7 cm³/mol. The van der Waals surface area contributed by atoms with Gasteiger partial charge in [-0.2, -0.15) is 0 Å². The van der Waals surface area contributed by atoms with Gasteiger partial charge in [0.15, 0.2) is 0 Å². The lowest BCUT2D eigenvalue weighted by atomic mass is 9.76. The van der Waals surface area contributed by atoms with Gasteiger partial charge in [0, 0.05) is 14.7 Å². The van der Waals surface area contributed by atoms with Gasteiger partial charge in [-0.3, -0.25) is 0 Å². The topological polar surface area (TPSA) is 12.0 Å². The van der Waals surface area contributed by atoms with Gasteiger partial charge in [-0.05, 0) is 59.3 Å². The fourth-order valence-electron chi connectivity index (χ4n) is 3.64. The van der Waals surface area contributed by atoms with Crippen LogP contribution in [0.4, 0.5) is 0 Å². The van der Waals surface area contributed by atoms with Crippen molar-refractivity contribution in [3.8, 4) is 0 Å². The lowest BCUT2D eigenvalue weighted by Crippen LogP contribution is -2.38. The average molecular weight is 314 g/mol. The van der Waals surface area contributed by atoms with Gasteiger partial charge in [-0.1, -0.05) is 25.7 Å². The van der Waals surface area contributed by atoms with Gasteiger partial charge in [0.25, 0.3) is 0 Å². The van der Waals surface area contributed by atoms with Gasteiger partial charge < -0.3 is 5.32 Å². The minimum absolute atomic E-state index is 0.815. The number of halogens is 1. The van der Waals surface area contributed by atoms with Gasteiger partial charge in [-0.15, -0.1) is 11.3 Å². The molecule has 0 amide bonds. The van der Waals surface area contributed by atoms with E-state index in [4.69, 9.17) is 0 Å². The van der Waals surface area contributed by atoms with Crippen molar-refractivity contribution in [2.75, 3.05) is 13.1 Å². The van der Waals surface area contributed by atoms with Crippen LogP contribution >= 0.6 is 27.3 Å². The highest BCUT2D eigenvalue weighted by molar-refractivity contribution is 9.10. The van der Waals surface area contributed by atoms with Gasteiger partial charge in [0.1, 0.15) is 0 Å². The molecule has 1 aliphatic carbocycles. The smallest absolute Gasteiger partial charge is 0.0285 e. The molecule has 0 aromatic carbocycles. The normalized spacial score (nSPS) is 30.9. The molecule has 1 saturated heterocycles. The number of piperidine rings is 1. The summed E-state index contributed by atoms with van der Waals surface area (Å²) >= 11 is 5.54. The van der Waals surface area contributed by atoms with Crippen LogP contribution in [0.15, 0.2) is 15.9 Å². The van der Waals surface area contributed by atoms with Gasteiger partial charge in [-0.25, -0.2) is 0 Å². The molecule has 2 aliphatic rings. The molecule has 1 nitrogen and oxygen atoms in total. The van der Waals surface area contributed by atoms with E-state index in [2.05, 4.69) is 32.7 Å². The summed E-state index contributed by atoms with van der Waals surface area (Å²) in [5.74, 6) is 2.68. The Bertz CT molecular complexity index is 370. The Morgan fingerprint density at radius 3 is 2.76 bits per heavy atom. The second-order valence-electron chi connectivity index (χ2n) is 5.47. The molecule has 1 aliphatic heterocycles. The molecule has 3 rings (SSSR count). The van der Waals surface area contributed by atoms with E-state index in [-0.39, 0.29) is 0 Å². The molecular formula is C14H20BrNS. The van der Waals surface area contributed by atoms with Crippen LogP contribution in [0.5, 0.6) is 0 Å². The van der Waals surface area contributed by atoms with Gasteiger partial charge >= 0.3 is 0 Å². The minimum Gasteiger partial charge on any atom is -0.316 e. The summed E-state index contributed by atoms with van der Waals surface area (Å²) < 4.78 is 1.27. The third kappa shape index (κ3) is 2.61. The first-order valence-corrected chi connectivity index (χ1v) is 8.46. The SMILES string of the molecule is Brc1csc(C2CCNCC2C2CCCC2)c1. The number of rotatable bonds is 2. The molecule has 2 heterocycles. The summed E-state index contributed by atoms with van der Waals surface area (Å²) in [7, 11) is 0.